The summed E-state index contributed by atoms with van der Waals surface area (Å²) in [7, 11) is 0. The Labute approximate surface area is 148 Å². The van der Waals surface area contributed by atoms with Gasteiger partial charge >= 0.3 is 0 Å². The predicted octanol–water partition coefficient (Wildman–Crippen LogP) is 3.92. The lowest BCUT2D eigenvalue weighted by molar-refractivity contribution is 0.0673. The third-order valence-corrected chi connectivity index (χ3v) is 5.93. The Morgan fingerprint density at radius 2 is 2.25 bits per heavy atom. The summed E-state index contributed by atoms with van der Waals surface area (Å²) in [6, 6.07) is 4.21. The Bertz CT molecular complexity index is 872. The number of nitrogens with one attached hydrogen (secondary N) is 2. The van der Waals surface area contributed by atoms with Crippen LogP contribution in [-0.2, 0) is 0 Å². The van der Waals surface area contributed by atoms with Crippen LogP contribution in [0.25, 0.3) is 10.2 Å². The zero-order chi connectivity index (χ0) is 16.7. The van der Waals surface area contributed by atoms with E-state index in [1.807, 2.05) is 31.4 Å². The van der Waals surface area contributed by atoms with E-state index in [9.17, 15) is 5.11 Å². The molecule has 8 heteroatoms. The number of hydrogen-bond acceptors (Lipinski definition) is 8. The van der Waals surface area contributed by atoms with E-state index < -0.39 is 5.60 Å². The number of nitrogens with zero attached hydrogens (tertiary/aromatic N) is 3. The van der Waals surface area contributed by atoms with Gasteiger partial charge in [-0.15, -0.1) is 11.3 Å². The molecule has 1 aliphatic carbocycles. The molecule has 0 radical (unpaired) electrons. The quantitative estimate of drug-likeness (QED) is 0.653. The van der Waals surface area contributed by atoms with E-state index in [-0.39, 0.29) is 6.04 Å². The fourth-order valence-electron chi connectivity index (χ4n) is 3.09. The van der Waals surface area contributed by atoms with E-state index >= 15 is 0 Å². The molecule has 1 saturated carbocycles. The van der Waals surface area contributed by atoms with Gasteiger partial charge < -0.3 is 15.7 Å². The minimum absolute atomic E-state index is 0.235. The van der Waals surface area contributed by atoms with E-state index in [0.29, 0.717) is 5.95 Å². The molecule has 3 heterocycles. The van der Waals surface area contributed by atoms with Crippen molar-refractivity contribution in [2.24, 2.45) is 0 Å². The van der Waals surface area contributed by atoms with Gasteiger partial charge in [-0.05, 0) is 62.2 Å². The molecule has 0 aromatic carbocycles. The molecule has 0 spiro atoms. The van der Waals surface area contributed by atoms with E-state index in [4.69, 9.17) is 0 Å². The lowest BCUT2D eigenvalue weighted by atomic mass is 10.1. The molecule has 3 aromatic rings. The molecular weight excluding hydrogens is 342 g/mol. The van der Waals surface area contributed by atoms with Gasteiger partial charge in [0.1, 0.15) is 10.8 Å². The number of rotatable bonds is 4. The third kappa shape index (κ3) is 3.22. The monoisotopic (exact) mass is 361 g/mol. The van der Waals surface area contributed by atoms with Crippen LogP contribution in [0.15, 0.2) is 17.5 Å². The maximum absolute atomic E-state index is 10.2. The summed E-state index contributed by atoms with van der Waals surface area (Å²) in [6.45, 7) is 3.86. The minimum atomic E-state index is -0.583. The number of thiophene rings is 1. The maximum Gasteiger partial charge on any atom is 0.230 e. The van der Waals surface area contributed by atoms with Crippen LogP contribution in [0.3, 0.4) is 0 Å². The van der Waals surface area contributed by atoms with Crippen molar-refractivity contribution >= 4 is 49.9 Å². The first kappa shape index (κ1) is 15.7. The highest BCUT2D eigenvalue weighted by Crippen LogP contribution is 2.34. The molecule has 0 saturated heterocycles. The normalized spacial score (nSPS) is 23.7. The Kier molecular flexibility index (Phi) is 3.90. The van der Waals surface area contributed by atoms with Crippen molar-refractivity contribution in [2.75, 3.05) is 10.6 Å². The fraction of sp³-hybridized carbons (Fsp3) is 0.438. The van der Waals surface area contributed by atoms with Crippen LogP contribution < -0.4 is 10.6 Å². The topological polar surface area (TPSA) is 83.0 Å². The number of fused-ring (bicyclic) bond motifs is 1. The van der Waals surface area contributed by atoms with Crippen LogP contribution in [0.2, 0.25) is 0 Å². The summed E-state index contributed by atoms with van der Waals surface area (Å²) in [5.41, 5.74) is 1.32. The van der Waals surface area contributed by atoms with Gasteiger partial charge in [-0.2, -0.15) is 9.36 Å². The van der Waals surface area contributed by atoms with Crippen LogP contribution in [0.5, 0.6) is 0 Å². The molecule has 0 aliphatic heterocycles. The van der Waals surface area contributed by atoms with Crippen molar-refractivity contribution in [3.63, 3.8) is 0 Å². The van der Waals surface area contributed by atoms with Crippen LogP contribution in [-0.4, -0.2) is 31.1 Å². The number of aromatic nitrogens is 3. The van der Waals surface area contributed by atoms with Crippen molar-refractivity contribution in [1.82, 2.24) is 14.3 Å². The molecular formula is C16H19N5OS2. The van der Waals surface area contributed by atoms with Gasteiger partial charge in [0.25, 0.3) is 0 Å². The Balaban J connectivity index is 1.62. The summed E-state index contributed by atoms with van der Waals surface area (Å²) in [5, 5.41) is 19.9. The smallest absolute Gasteiger partial charge is 0.230 e. The van der Waals surface area contributed by atoms with Gasteiger partial charge in [-0.1, -0.05) is 0 Å². The van der Waals surface area contributed by atoms with Gasteiger partial charge in [0, 0.05) is 6.04 Å². The third-order valence-electron chi connectivity index (χ3n) is 4.22. The van der Waals surface area contributed by atoms with Crippen molar-refractivity contribution in [3.05, 3.63) is 23.2 Å². The molecule has 6 nitrogen and oxygen atoms in total. The Hall–Kier alpha value is -1.77. The molecule has 1 unspecified atom stereocenters. The maximum atomic E-state index is 10.2. The lowest BCUT2D eigenvalue weighted by Crippen LogP contribution is -2.23. The summed E-state index contributed by atoms with van der Waals surface area (Å²) in [5.74, 6) is 1.40. The second-order valence-corrected chi connectivity index (χ2v) is 8.29. The van der Waals surface area contributed by atoms with Gasteiger partial charge in [0.05, 0.1) is 21.5 Å². The van der Waals surface area contributed by atoms with Crippen molar-refractivity contribution in [2.45, 2.75) is 44.8 Å². The average Bonchev–Trinajstić information content (AvgIpc) is 3.20. The van der Waals surface area contributed by atoms with Gasteiger partial charge in [0.15, 0.2) is 0 Å². The van der Waals surface area contributed by atoms with Gasteiger partial charge in [-0.25, -0.2) is 4.98 Å². The van der Waals surface area contributed by atoms with Gasteiger partial charge in [-0.3, -0.25) is 0 Å². The second kappa shape index (κ2) is 5.94. The summed E-state index contributed by atoms with van der Waals surface area (Å²) in [6.07, 6.45) is 2.50. The number of anilines is 3. The van der Waals surface area contributed by atoms with E-state index in [2.05, 4.69) is 25.0 Å². The largest absolute Gasteiger partial charge is 0.390 e. The van der Waals surface area contributed by atoms with Crippen molar-refractivity contribution in [1.29, 1.82) is 0 Å². The molecule has 24 heavy (non-hydrogen) atoms. The standard InChI is InChI=1S/C16H19N5OS2/c1-9-7-12(24-21-9)19-15-18-11-4-6-23-13(11)14(20-15)17-10-3-5-16(2,22)8-10/h4,6-7,10,22H,3,5,8H2,1-2H3,(H2,17,18,19,20)/t10-,16?/m0/s1. The molecule has 0 bridgehead atoms. The highest BCUT2D eigenvalue weighted by Gasteiger charge is 2.33. The zero-order valence-electron chi connectivity index (χ0n) is 13.5. The molecule has 2 atom stereocenters. The SMILES string of the molecule is Cc1cc(Nc2nc(N[C@H]3CCC(C)(O)C3)c3sccc3n2)sn1. The second-order valence-electron chi connectivity index (χ2n) is 6.57. The van der Waals surface area contributed by atoms with Gasteiger partial charge in [0.2, 0.25) is 5.95 Å². The first-order valence-corrected chi connectivity index (χ1v) is 9.58. The van der Waals surface area contributed by atoms with Crippen molar-refractivity contribution in [3.8, 4) is 0 Å². The first-order valence-electron chi connectivity index (χ1n) is 7.93. The van der Waals surface area contributed by atoms with Crippen LogP contribution in [0.4, 0.5) is 16.8 Å². The molecule has 1 fully saturated rings. The van der Waals surface area contributed by atoms with Crippen LogP contribution in [0.1, 0.15) is 31.9 Å². The predicted molar refractivity (Wildman–Crippen MR) is 99.4 cm³/mol. The lowest BCUT2D eigenvalue weighted by Gasteiger charge is -2.18. The van der Waals surface area contributed by atoms with Crippen LogP contribution >= 0.6 is 22.9 Å². The molecule has 3 N–H and O–H groups in total. The molecule has 126 valence electrons. The zero-order valence-corrected chi connectivity index (χ0v) is 15.2. The van der Waals surface area contributed by atoms with E-state index in [1.165, 1.54) is 11.5 Å². The fourth-order valence-corrected chi connectivity index (χ4v) is 4.53. The summed E-state index contributed by atoms with van der Waals surface area (Å²) < 4.78 is 5.32. The molecule has 3 aromatic heterocycles. The van der Waals surface area contributed by atoms with Crippen molar-refractivity contribution < 1.29 is 5.11 Å². The van der Waals surface area contributed by atoms with Crippen LogP contribution in [0, 0.1) is 6.92 Å². The number of hydrogen-bond donors (Lipinski definition) is 3. The summed E-state index contributed by atoms with van der Waals surface area (Å²) in [4.78, 5) is 9.24. The Morgan fingerprint density at radius 3 is 2.96 bits per heavy atom. The highest BCUT2D eigenvalue weighted by atomic mass is 32.1. The number of aryl methyl sites for hydroxylation is 1. The van der Waals surface area contributed by atoms with E-state index in [0.717, 1.165) is 46.0 Å². The molecule has 1 aliphatic rings. The Morgan fingerprint density at radius 1 is 1.38 bits per heavy atom. The molecule has 0 amide bonds. The van der Waals surface area contributed by atoms with E-state index in [1.54, 1.807) is 11.3 Å². The summed E-state index contributed by atoms with van der Waals surface area (Å²) >= 11 is 3.03. The first-order chi connectivity index (χ1) is 11.5. The average molecular weight is 361 g/mol. The highest BCUT2D eigenvalue weighted by molar-refractivity contribution is 7.17. The minimum Gasteiger partial charge on any atom is -0.390 e. The molecule has 4 rings (SSSR count). The number of aliphatic hydroxyl groups is 1.